The largest absolute Gasteiger partial charge is 0.384 e. The lowest BCUT2D eigenvalue weighted by Crippen LogP contribution is -1.91. The first-order valence-corrected chi connectivity index (χ1v) is 2.26. The van der Waals surface area contributed by atoms with E-state index >= 15 is 0 Å². The second-order valence-corrected chi connectivity index (χ2v) is 1.57. The molecule has 0 aromatic rings. The van der Waals surface area contributed by atoms with Gasteiger partial charge in [-0.1, -0.05) is 19.6 Å². The average Bonchev–Trinajstić information content (AvgIpc) is 1.65. The minimum absolute atomic E-state index is 0. The third kappa shape index (κ3) is 6.95. The van der Waals surface area contributed by atoms with Gasteiger partial charge in [-0.2, -0.15) is 0 Å². The molecule has 2 N–H and O–H groups in total. The first kappa shape index (κ1) is 10.8. The molecule has 0 aliphatic carbocycles. The molecule has 2 heteroatoms. The van der Waals surface area contributed by atoms with E-state index in [2.05, 4.69) is 18.3 Å². The monoisotopic (exact) mass is 126 g/mol. The van der Waals surface area contributed by atoms with Crippen LogP contribution in [0.25, 0.3) is 0 Å². The zero-order chi connectivity index (χ0) is 6.57. The van der Waals surface area contributed by atoms with E-state index in [1.54, 1.807) is 6.08 Å². The molecule has 0 aromatic carbocycles. The highest BCUT2D eigenvalue weighted by molar-refractivity contribution is 5.30. The Hall–Kier alpha value is -1.05. The molecule has 0 rings (SSSR count). The fourth-order valence-electron chi connectivity index (χ4n) is 0.298. The van der Waals surface area contributed by atoms with Gasteiger partial charge in [0.15, 0.2) is 0 Å². The summed E-state index contributed by atoms with van der Waals surface area (Å²) >= 11 is 0. The second-order valence-electron chi connectivity index (χ2n) is 1.57. The molecule has 0 aromatic heterocycles. The molecule has 0 atom stereocenters. The van der Waals surface area contributed by atoms with Crippen molar-refractivity contribution in [3.05, 3.63) is 24.0 Å². The maximum absolute atomic E-state index is 5.24. The molecule has 0 saturated heterocycles. The van der Waals surface area contributed by atoms with Gasteiger partial charge < -0.3 is 5.73 Å². The molecule has 0 aliphatic rings. The van der Waals surface area contributed by atoms with Crippen LogP contribution in [0.5, 0.6) is 0 Å². The number of hydrogen-bond acceptors (Lipinski definition) is 2. The van der Waals surface area contributed by atoms with Crippen molar-refractivity contribution in [2.24, 2.45) is 10.7 Å². The van der Waals surface area contributed by atoms with Crippen molar-refractivity contribution in [1.29, 1.82) is 0 Å². The summed E-state index contributed by atoms with van der Waals surface area (Å²) in [5.74, 6) is 0.414. The van der Waals surface area contributed by atoms with Gasteiger partial charge in [0.25, 0.3) is 0 Å². The summed E-state index contributed by atoms with van der Waals surface area (Å²) in [5.41, 5.74) is 6.13. The highest BCUT2D eigenvalue weighted by Crippen LogP contribution is 1.92. The van der Waals surface area contributed by atoms with E-state index in [1.165, 1.54) is 0 Å². The van der Waals surface area contributed by atoms with Crippen molar-refractivity contribution in [3.63, 3.8) is 0 Å². The lowest BCUT2D eigenvalue weighted by atomic mass is 10.3. The lowest BCUT2D eigenvalue weighted by molar-refractivity contribution is 1.24. The fraction of sp³-hybridized carbons (Fsp3) is 0.286. The maximum atomic E-state index is 5.24. The molecule has 0 spiro atoms. The fourth-order valence-corrected chi connectivity index (χ4v) is 0.298. The lowest BCUT2D eigenvalue weighted by Gasteiger charge is -1.87. The quantitative estimate of drug-likeness (QED) is 0.444. The number of hydrogen-bond donors (Lipinski definition) is 1. The van der Waals surface area contributed by atoms with E-state index in [4.69, 9.17) is 5.73 Å². The number of allylic oxidation sites excluding steroid dienone is 2. The highest BCUT2D eigenvalue weighted by Gasteiger charge is 1.78. The Kier molecular flexibility index (Phi) is 6.14. The van der Waals surface area contributed by atoms with Gasteiger partial charge in [-0.05, 0) is 19.7 Å². The molecule has 0 fully saturated rings. The van der Waals surface area contributed by atoms with Crippen LogP contribution in [0.3, 0.4) is 0 Å². The van der Waals surface area contributed by atoms with Crippen LogP contribution < -0.4 is 5.73 Å². The molecule has 0 saturated carbocycles. The molecule has 0 aliphatic heterocycles. The Labute approximate surface area is 56.8 Å². The smallest absolute Gasteiger partial charge is 0.122 e. The Bertz CT molecular complexity index is 134. The molecule has 9 heavy (non-hydrogen) atoms. The minimum atomic E-state index is 0. The summed E-state index contributed by atoms with van der Waals surface area (Å²) in [6.45, 7) is 8.67. The maximum Gasteiger partial charge on any atom is 0.122 e. The SMILES string of the molecule is C.C=N/C(N)=C\C(=C)C. The van der Waals surface area contributed by atoms with Crippen molar-refractivity contribution in [2.45, 2.75) is 14.4 Å². The Morgan fingerprint density at radius 1 is 1.67 bits per heavy atom. The molecule has 0 bridgehead atoms. The molecule has 2 nitrogen and oxygen atoms in total. The zero-order valence-corrected chi connectivity index (χ0v) is 5.02. The van der Waals surface area contributed by atoms with Crippen LogP contribution in [-0.4, -0.2) is 6.72 Å². The zero-order valence-electron chi connectivity index (χ0n) is 5.02. The first-order valence-electron chi connectivity index (χ1n) is 2.26. The van der Waals surface area contributed by atoms with E-state index < -0.39 is 0 Å². The molecule has 0 unspecified atom stereocenters. The molecule has 52 valence electrons. The van der Waals surface area contributed by atoms with Crippen LogP contribution in [0.2, 0.25) is 0 Å². The van der Waals surface area contributed by atoms with Crippen molar-refractivity contribution in [1.82, 2.24) is 0 Å². The van der Waals surface area contributed by atoms with Crippen LogP contribution in [-0.2, 0) is 0 Å². The van der Waals surface area contributed by atoms with Gasteiger partial charge in [-0.15, -0.1) is 0 Å². The molecule has 0 amide bonds. The van der Waals surface area contributed by atoms with E-state index in [-0.39, 0.29) is 7.43 Å². The van der Waals surface area contributed by atoms with Crippen molar-refractivity contribution < 1.29 is 0 Å². The molecular weight excluding hydrogens is 112 g/mol. The van der Waals surface area contributed by atoms with Crippen molar-refractivity contribution >= 4 is 6.72 Å². The van der Waals surface area contributed by atoms with Crippen LogP contribution in [0, 0.1) is 0 Å². The Morgan fingerprint density at radius 2 is 2.11 bits per heavy atom. The van der Waals surface area contributed by atoms with Gasteiger partial charge in [0.1, 0.15) is 5.82 Å². The average molecular weight is 126 g/mol. The van der Waals surface area contributed by atoms with E-state index in [1.807, 2.05) is 6.92 Å². The summed E-state index contributed by atoms with van der Waals surface area (Å²) in [6, 6.07) is 0. The summed E-state index contributed by atoms with van der Waals surface area (Å²) < 4.78 is 0. The summed E-state index contributed by atoms with van der Waals surface area (Å²) in [5, 5.41) is 0. The third-order valence-corrected chi connectivity index (χ3v) is 0.577. The van der Waals surface area contributed by atoms with Crippen LogP contribution in [0.1, 0.15) is 14.4 Å². The Balaban J connectivity index is 0. The predicted molar refractivity (Wildman–Crippen MR) is 43.4 cm³/mol. The van der Waals surface area contributed by atoms with E-state index in [9.17, 15) is 0 Å². The van der Waals surface area contributed by atoms with Crippen molar-refractivity contribution in [3.8, 4) is 0 Å². The number of aliphatic imine (C=N–C) groups is 1. The van der Waals surface area contributed by atoms with E-state index in [0.29, 0.717) is 5.82 Å². The van der Waals surface area contributed by atoms with Crippen LogP contribution in [0.4, 0.5) is 0 Å². The second kappa shape index (κ2) is 5.09. The standard InChI is InChI=1S/C6H10N2.CH4/c1-5(2)4-6(7)8-3;/h4H,1,3,7H2,2H3;1H4/b6-4-;. The summed E-state index contributed by atoms with van der Waals surface area (Å²) in [4.78, 5) is 3.46. The summed E-state index contributed by atoms with van der Waals surface area (Å²) in [7, 11) is 0. The minimum Gasteiger partial charge on any atom is -0.384 e. The van der Waals surface area contributed by atoms with Gasteiger partial charge in [0, 0.05) is 0 Å². The normalized spacial score (nSPS) is 9.67. The topological polar surface area (TPSA) is 38.4 Å². The number of nitrogens with zero attached hydrogens (tertiary/aromatic N) is 1. The third-order valence-electron chi connectivity index (χ3n) is 0.577. The summed E-state index contributed by atoms with van der Waals surface area (Å²) in [6.07, 6.45) is 1.66. The van der Waals surface area contributed by atoms with Gasteiger partial charge in [0.05, 0.1) is 0 Å². The molecule has 0 radical (unpaired) electrons. The van der Waals surface area contributed by atoms with E-state index in [0.717, 1.165) is 5.57 Å². The number of nitrogens with two attached hydrogens (primary N) is 1. The highest BCUT2D eigenvalue weighted by atomic mass is 14.9. The van der Waals surface area contributed by atoms with Crippen LogP contribution >= 0.6 is 0 Å². The number of rotatable bonds is 2. The van der Waals surface area contributed by atoms with Gasteiger partial charge in [-0.25, -0.2) is 4.99 Å². The van der Waals surface area contributed by atoms with Gasteiger partial charge >= 0.3 is 0 Å². The molecular formula is C7H14N2. The first-order chi connectivity index (χ1) is 3.66. The predicted octanol–water partition coefficient (Wildman–Crippen LogP) is 1.70. The Morgan fingerprint density at radius 3 is 2.22 bits per heavy atom. The van der Waals surface area contributed by atoms with Crippen molar-refractivity contribution in [2.75, 3.05) is 0 Å². The van der Waals surface area contributed by atoms with Gasteiger partial charge in [-0.3, -0.25) is 0 Å². The van der Waals surface area contributed by atoms with Gasteiger partial charge in [0.2, 0.25) is 0 Å². The van der Waals surface area contributed by atoms with Crippen LogP contribution in [0.15, 0.2) is 29.0 Å². The molecule has 0 heterocycles.